The first-order chi connectivity index (χ1) is 13.5. The monoisotopic (exact) mass is 438 g/mol. The number of esters is 1. The zero-order chi connectivity index (χ0) is 21.8. The Labute approximate surface area is 175 Å². The lowest BCUT2D eigenvalue weighted by atomic mass is 10.1. The van der Waals surface area contributed by atoms with Gasteiger partial charge in [0.2, 0.25) is 15.9 Å². The molecule has 0 fully saturated rings. The van der Waals surface area contributed by atoms with Gasteiger partial charge in [-0.1, -0.05) is 23.7 Å². The molecule has 0 aliphatic carbocycles. The molecule has 2 aromatic rings. The Balaban J connectivity index is 2.22. The van der Waals surface area contributed by atoms with E-state index in [2.05, 4.69) is 5.32 Å². The minimum atomic E-state index is -3.69. The van der Waals surface area contributed by atoms with Crippen molar-refractivity contribution in [2.24, 2.45) is 0 Å². The Hall–Kier alpha value is -2.58. The van der Waals surface area contributed by atoms with Gasteiger partial charge in [-0.05, 0) is 56.2 Å². The van der Waals surface area contributed by atoms with E-state index in [1.54, 1.807) is 26.0 Å². The average molecular weight is 439 g/mol. The molecule has 29 heavy (non-hydrogen) atoms. The number of hydrogen-bond acceptors (Lipinski definition) is 5. The number of carbonyl (C=O) groups is 2. The Bertz CT molecular complexity index is 1040. The lowest BCUT2D eigenvalue weighted by molar-refractivity contribution is -0.114. The van der Waals surface area contributed by atoms with E-state index in [1.165, 1.54) is 18.2 Å². The molecule has 0 saturated heterocycles. The van der Waals surface area contributed by atoms with Crippen LogP contribution in [0.15, 0.2) is 36.4 Å². The number of ether oxygens (including phenoxy) is 1. The Morgan fingerprint density at radius 2 is 1.86 bits per heavy atom. The number of nitrogens with zero attached hydrogens (tertiary/aromatic N) is 1. The quantitative estimate of drug-likeness (QED) is 0.667. The molecule has 0 aliphatic heterocycles. The van der Waals surface area contributed by atoms with Gasteiger partial charge in [0.15, 0.2) is 0 Å². The van der Waals surface area contributed by atoms with Crippen molar-refractivity contribution in [3.05, 3.63) is 58.1 Å². The number of amides is 1. The minimum absolute atomic E-state index is 0.121. The summed E-state index contributed by atoms with van der Waals surface area (Å²) in [7, 11) is -3.69. The number of benzene rings is 2. The van der Waals surface area contributed by atoms with E-state index in [1.807, 2.05) is 13.0 Å². The highest BCUT2D eigenvalue weighted by atomic mass is 35.5. The van der Waals surface area contributed by atoms with Gasteiger partial charge in [0, 0.05) is 5.69 Å². The first-order valence-electron chi connectivity index (χ1n) is 8.85. The summed E-state index contributed by atoms with van der Waals surface area (Å²) >= 11 is 6.10. The molecule has 0 radical (unpaired) electrons. The molecule has 9 heteroatoms. The molecular weight excluding hydrogens is 416 g/mol. The molecule has 7 nitrogen and oxygen atoms in total. The third-order valence-corrected chi connectivity index (χ3v) is 5.72. The van der Waals surface area contributed by atoms with E-state index >= 15 is 0 Å². The van der Waals surface area contributed by atoms with Crippen LogP contribution >= 0.6 is 11.6 Å². The van der Waals surface area contributed by atoms with E-state index in [-0.39, 0.29) is 17.2 Å². The smallest absolute Gasteiger partial charge is 0.339 e. The van der Waals surface area contributed by atoms with Crippen molar-refractivity contribution in [3.8, 4) is 0 Å². The third kappa shape index (κ3) is 5.71. The molecule has 0 aromatic heterocycles. The van der Waals surface area contributed by atoms with E-state index in [0.29, 0.717) is 11.4 Å². The lowest BCUT2D eigenvalue weighted by Crippen LogP contribution is -2.38. The van der Waals surface area contributed by atoms with Gasteiger partial charge < -0.3 is 10.1 Å². The predicted octanol–water partition coefficient (Wildman–Crippen LogP) is 3.54. The fraction of sp³-hybridized carbons (Fsp3) is 0.300. The van der Waals surface area contributed by atoms with Gasteiger partial charge in [-0.3, -0.25) is 9.10 Å². The van der Waals surface area contributed by atoms with Crippen LogP contribution in [0.1, 0.15) is 28.4 Å². The van der Waals surface area contributed by atoms with Crippen LogP contribution in [0.25, 0.3) is 0 Å². The maximum absolute atomic E-state index is 12.5. The van der Waals surface area contributed by atoms with Crippen molar-refractivity contribution in [2.75, 3.05) is 29.0 Å². The van der Waals surface area contributed by atoms with Crippen LogP contribution in [0.3, 0.4) is 0 Å². The summed E-state index contributed by atoms with van der Waals surface area (Å²) in [5.74, 6) is -1.11. The summed E-state index contributed by atoms with van der Waals surface area (Å²) in [4.78, 5) is 24.3. The fourth-order valence-corrected chi connectivity index (χ4v) is 3.85. The minimum Gasteiger partial charge on any atom is -0.462 e. The molecule has 0 unspecified atom stereocenters. The molecule has 2 rings (SSSR count). The second-order valence-corrected chi connectivity index (χ2v) is 8.77. The summed E-state index contributed by atoms with van der Waals surface area (Å²) in [5, 5.41) is 2.73. The van der Waals surface area contributed by atoms with Crippen molar-refractivity contribution < 1.29 is 22.7 Å². The molecule has 0 aliphatic rings. The van der Waals surface area contributed by atoms with Gasteiger partial charge >= 0.3 is 5.97 Å². The topological polar surface area (TPSA) is 92.8 Å². The summed E-state index contributed by atoms with van der Waals surface area (Å²) in [5.41, 5.74) is 2.64. The molecule has 1 N–H and O–H groups in total. The van der Waals surface area contributed by atoms with Crippen molar-refractivity contribution in [1.82, 2.24) is 0 Å². The van der Waals surface area contributed by atoms with E-state index < -0.39 is 28.4 Å². The van der Waals surface area contributed by atoms with Crippen LogP contribution in [0.4, 0.5) is 11.4 Å². The van der Waals surface area contributed by atoms with Crippen LogP contribution in [0.2, 0.25) is 5.02 Å². The van der Waals surface area contributed by atoms with Crippen molar-refractivity contribution in [3.63, 3.8) is 0 Å². The van der Waals surface area contributed by atoms with Gasteiger partial charge in [0.1, 0.15) is 6.54 Å². The number of anilines is 2. The predicted molar refractivity (Wildman–Crippen MR) is 114 cm³/mol. The molecular formula is C20H23ClN2O5S. The zero-order valence-electron chi connectivity index (χ0n) is 16.7. The molecule has 0 heterocycles. The lowest BCUT2D eigenvalue weighted by Gasteiger charge is -2.24. The molecule has 0 saturated carbocycles. The zero-order valence-corrected chi connectivity index (χ0v) is 18.2. The average Bonchev–Trinajstić information content (AvgIpc) is 2.61. The van der Waals surface area contributed by atoms with Crippen LogP contribution in [-0.2, 0) is 19.6 Å². The van der Waals surface area contributed by atoms with Crippen molar-refractivity contribution in [1.29, 1.82) is 0 Å². The fourth-order valence-electron chi connectivity index (χ4n) is 2.69. The summed E-state index contributed by atoms with van der Waals surface area (Å²) in [6, 6.07) is 9.61. The maximum Gasteiger partial charge on any atom is 0.339 e. The molecule has 156 valence electrons. The number of nitrogens with one attached hydrogen (secondary N) is 1. The largest absolute Gasteiger partial charge is 0.462 e. The third-order valence-electron chi connectivity index (χ3n) is 4.28. The van der Waals surface area contributed by atoms with Crippen LogP contribution < -0.4 is 9.62 Å². The number of halogens is 1. The number of carbonyl (C=O) groups excluding carboxylic acids is 2. The normalized spacial score (nSPS) is 11.1. The molecule has 1 amide bonds. The van der Waals surface area contributed by atoms with Gasteiger partial charge in [0.05, 0.1) is 29.1 Å². The second-order valence-electron chi connectivity index (χ2n) is 6.45. The Morgan fingerprint density at radius 1 is 1.17 bits per heavy atom. The van der Waals surface area contributed by atoms with Crippen LogP contribution in [-0.4, -0.2) is 39.7 Å². The highest BCUT2D eigenvalue weighted by Gasteiger charge is 2.23. The Kier molecular flexibility index (Phi) is 7.26. The van der Waals surface area contributed by atoms with Crippen molar-refractivity contribution in [2.45, 2.75) is 20.8 Å². The van der Waals surface area contributed by atoms with Gasteiger partial charge in [-0.15, -0.1) is 0 Å². The van der Waals surface area contributed by atoms with E-state index in [9.17, 15) is 18.0 Å². The number of sulfonamides is 1. The molecule has 2 aromatic carbocycles. The van der Waals surface area contributed by atoms with Crippen LogP contribution in [0, 0.1) is 13.8 Å². The molecule has 0 bridgehead atoms. The first-order valence-corrected chi connectivity index (χ1v) is 11.1. The number of rotatable bonds is 7. The maximum atomic E-state index is 12.5. The second kappa shape index (κ2) is 9.28. The van der Waals surface area contributed by atoms with E-state index in [0.717, 1.165) is 21.7 Å². The highest BCUT2D eigenvalue weighted by Crippen LogP contribution is 2.25. The Morgan fingerprint density at radius 3 is 2.45 bits per heavy atom. The SMILES string of the molecule is CCOC(=O)c1ccc(NC(=O)CN(c2cccc(C)c2C)S(C)(=O)=O)cc1Cl. The summed E-state index contributed by atoms with van der Waals surface area (Å²) in [6.45, 7) is 5.17. The standard InChI is InChI=1S/C20H23ClN2O5S/c1-5-28-20(25)16-10-9-15(11-17(16)21)22-19(24)12-23(29(4,26)27)18-8-6-7-13(2)14(18)3/h6-11H,5,12H2,1-4H3,(H,22,24). The summed E-state index contributed by atoms with van der Waals surface area (Å²) in [6.07, 6.45) is 1.05. The van der Waals surface area contributed by atoms with Gasteiger partial charge in [-0.25, -0.2) is 13.2 Å². The molecule has 0 atom stereocenters. The highest BCUT2D eigenvalue weighted by molar-refractivity contribution is 7.92. The molecule has 0 spiro atoms. The van der Waals surface area contributed by atoms with Crippen LogP contribution in [0.5, 0.6) is 0 Å². The van der Waals surface area contributed by atoms with E-state index in [4.69, 9.17) is 16.3 Å². The first kappa shape index (κ1) is 22.7. The van der Waals surface area contributed by atoms with Crippen molar-refractivity contribution >= 4 is 44.9 Å². The summed E-state index contributed by atoms with van der Waals surface area (Å²) < 4.78 is 30.5. The number of hydrogen-bond donors (Lipinski definition) is 1. The number of aryl methyl sites for hydroxylation is 1. The van der Waals surface area contributed by atoms with Gasteiger partial charge in [-0.2, -0.15) is 0 Å². The van der Waals surface area contributed by atoms with Gasteiger partial charge in [0.25, 0.3) is 0 Å².